The summed E-state index contributed by atoms with van der Waals surface area (Å²) in [7, 11) is 0. The summed E-state index contributed by atoms with van der Waals surface area (Å²) in [6.45, 7) is 3.42. The second kappa shape index (κ2) is 9.87. The Morgan fingerprint density at radius 2 is 1.60 bits per heavy atom. The van der Waals surface area contributed by atoms with Gasteiger partial charge in [-0.25, -0.2) is 8.78 Å². The Morgan fingerprint density at radius 1 is 0.900 bits per heavy atom. The third-order valence-corrected chi connectivity index (χ3v) is 4.95. The second-order valence-corrected chi connectivity index (χ2v) is 7.04. The molecule has 0 spiro atoms. The van der Waals surface area contributed by atoms with E-state index in [1.807, 2.05) is 0 Å². The van der Waals surface area contributed by atoms with E-state index in [4.69, 9.17) is 14.2 Å². The van der Waals surface area contributed by atoms with Gasteiger partial charge in [-0.1, -0.05) is 25.5 Å². The summed E-state index contributed by atoms with van der Waals surface area (Å²) in [6.07, 6.45) is 4.84. The zero-order valence-corrected chi connectivity index (χ0v) is 16.9. The lowest BCUT2D eigenvalue weighted by Crippen LogP contribution is -2.14. The number of allylic oxidation sites excluding steroid dienone is 1. The molecule has 0 radical (unpaired) electrons. The molecule has 0 fully saturated rings. The molecule has 1 unspecified atom stereocenters. The molecule has 0 saturated heterocycles. The zero-order valence-electron chi connectivity index (χ0n) is 16.9. The highest BCUT2D eigenvalue weighted by molar-refractivity contribution is 5.66. The topological polar surface area (TPSA) is 27.7 Å². The molecular weight excluding hydrogens is 400 g/mol. The van der Waals surface area contributed by atoms with E-state index >= 15 is 0 Å². The molecule has 0 amide bonds. The van der Waals surface area contributed by atoms with Gasteiger partial charge in [0.15, 0.2) is 23.1 Å². The molecule has 0 aliphatic carbocycles. The van der Waals surface area contributed by atoms with E-state index in [1.165, 1.54) is 30.5 Å². The number of hydrogen-bond donors (Lipinski definition) is 0. The van der Waals surface area contributed by atoms with Gasteiger partial charge in [0.05, 0.1) is 19.0 Å². The molecule has 1 heterocycles. The van der Waals surface area contributed by atoms with Crippen LogP contribution in [0.2, 0.25) is 0 Å². The predicted molar refractivity (Wildman–Crippen MR) is 105 cm³/mol. The van der Waals surface area contributed by atoms with Crippen LogP contribution in [0.1, 0.15) is 50.7 Å². The first-order valence-corrected chi connectivity index (χ1v) is 10.0. The monoisotopic (exact) mass is 424 g/mol. The quantitative estimate of drug-likeness (QED) is 0.450. The van der Waals surface area contributed by atoms with Crippen molar-refractivity contribution in [3.05, 3.63) is 64.9 Å². The molecule has 0 saturated carbocycles. The van der Waals surface area contributed by atoms with Crippen molar-refractivity contribution < 1.29 is 31.8 Å². The van der Waals surface area contributed by atoms with Gasteiger partial charge < -0.3 is 14.2 Å². The van der Waals surface area contributed by atoms with Crippen molar-refractivity contribution in [3.8, 4) is 11.5 Å². The number of ether oxygens (including phenoxy) is 3. The lowest BCUT2D eigenvalue weighted by Gasteiger charge is -2.23. The van der Waals surface area contributed by atoms with E-state index in [0.29, 0.717) is 12.0 Å². The number of benzene rings is 2. The Balaban J connectivity index is 1.73. The maximum atomic E-state index is 14.6. The molecular formula is C23H24F4O3. The highest BCUT2D eigenvalue weighted by Gasteiger charge is 2.22. The van der Waals surface area contributed by atoms with Crippen LogP contribution >= 0.6 is 0 Å². The van der Waals surface area contributed by atoms with Gasteiger partial charge in [0.25, 0.3) is 0 Å². The summed E-state index contributed by atoms with van der Waals surface area (Å²) in [5, 5.41) is 0. The summed E-state index contributed by atoms with van der Waals surface area (Å²) in [4.78, 5) is 0. The van der Waals surface area contributed by atoms with Crippen molar-refractivity contribution in [1.29, 1.82) is 0 Å². The highest BCUT2D eigenvalue weighted by Crippen LogP contribution is 2.32. The van der Waals surface area contributed by atoms with Crippen LogP contribution in [0.15, 0.2) is 30.5 Å². The Morgan fingerprint density at radius 3 is 2.20 bits per heavy atom. The van der Waals surface area contributed by atoms with Crippen LogP contribution in [0.5, 0.6) is 11.5 Å². The van der Waals surface area contributed by atoms with E-state index in [2.05, 4.69) is 6.92 Å². The van der Waals surface area contributed by atoms with Crippen LogP contribution in [0.3, 0.4) is 0 Å². The minimum absolute atomic E-state index is 0.101. The Kier molecular flexibility index (Phi) is 7.24. The predicted octanol–water partition coefficient (Wildman–Crippen LogP) is 6.54. The maximum Gasteiger partial charge on any atom is 0.204 e. The van der Waals surface area contributed by atoms with Gasteiger partial charge in [-0.15, -0.1) is 0 Å². The molecule has 2 aromatic carbocycles. The summed E-state index contributed by atoms with van der Waals surface area (Å²) >= 11 is 0. The molecule has 1 atom stereocenters. The Labute approximate surface area is 173 Å². The summed E-state index contributed by atoms with van der Waals surface area (Å²) < 4.78 is 72.9. The molecule has 0 bridgehead atoms. The minimum Gasteiger partial charge on any atom is -0.498 e. The first-order chi connectivity index (χ1) is 14.5. The largest absolute Gasteiger partial charge is 0.498 e. The summed E-state index contributed by atoms with van der Waals surface area (Å²) in [5.41, 5.74) is 0.612. The third-order valence-electron chi connectivity index (χ3n) is 4.95. The molecule has 1 aliphatic heterocycles. The lowest BCUT2D eigenvalue weighted by molar-refractivity contribution is 0.118. The van der Waals surface area contributed by atoms with Gasteiger partial charge in [0.2, 0.25) is 11.6 Å². The van der Waals surface area contributed by atoms with Crippen LogP contribution in [-0.4, -0.2) is 12.7 Å². The van der Waals surface area contributed by atoms with Crippen molar-refractivity contribution in [2.75, 3.05) is 6.61 Å². The van der Waals surface area contributed by atoms with Crippen LogP contribution in [0, 0.1) is 23.3 Å². The SMILES string of the molecule is CCCC1CCC(c2ccc(COc3ccc(OCC)c(F)c3F)c(F)c2F)=CO1. The first kappa shape index (κ1) is 22.0. The molecule has 3 rings (SSSR count). The highest BCUT2D eigenvalue weighted by atomic mass is 19.2. The summed E-state index contributed by atoms with van der Waals surface area (Å²) in [6, 6.07) is 5.22. The number of hydrogen-bond acceptors (Lipinski definition) is 3. The minimum atomic E-state index is -1.25. The molecule has 3 nitrogen and oxygen atoms in total. The molecule has 162 valence electrons. The van der Waals surface area contributed by atoms with E-state index in [-0.39, 0.29) is 29.6 Å². The number of rotatable bonds is 8. The normalized spacial score (nSPS) is 16.1. The zero-order chi connectivity index (χ0) is 21.7. The van der Waals surface area contributed by atoms with Gasteiger partial charge >= 0.3 is 0 Å². The molecule has 1 aliphatic rings. The fourth-order valence-electron chi connectivity index (χ4n) is 3.35. The fraction of sp³-hybridized carbons (Fsp3) is 0.391. The molecule has 30 heavy (non-hydrogen) atoms. The third kappa shape index (κ3) is 4.71. The van der Waals surface area contributed by atoms with E-state index < -0.39 is 35.6 Å². The first-order valence-electron chi connectivity index (χ1n) is 10.0. The van der Waals surface area contributed by atoms with Gasteiger partial charge in [-0.2, -0.15) is 8.78 Å². The van der Waals surface area contributed by atoms with E-state index in [0.717, 1.165) is 19.3 Å². The van der Waals surface area contributed by atoms with Crippen molar-refractivity contribution in [1.82, 2.24) is 0 Å². The molecule has 0 N–H and O–H groups in total. The number of halogens is 4. The van der Waals surface area contributed by atoms with Gasteiger partial charge in [-0.3, -0.25) is 0 Å². The molecule has 0 aromatic heterocycles. The van der Waals surface area contributed by atoms with Crippen LogP contribution in [-0.2, 0) is 11.3 Å². The second-order valence-electron chi connectivity index (χ2n) is 7.04. The smallest absolute Gasteiger partial charge is 0.204 e. The maximum absolute atomic E-state index is 14.6. The molecule has 2 aromatic rings. The van der Waals surface area contributed by atoms with Crippen molar-refractivity contribution in [2.45, 2.75) is 52.2 Å². The van der Waals surface area contributed by atoms with Crippen LogP contribution < -0.4 is 9.47 Å². The summed E-state index contributed by atoms with van der Waals surface area (Å²) in [5.74, 6) is -5.20. The van der Waals surface area contributed by atoms with Gasteiger partial charge in [0, 0.05) is 11.1 Å². The Hall–Kier alpha value is -2.70. The van der Waals surface area contributed by atoms with Crippen molar-refractivity contribution in [2.24, 2.45) is 0 Å². The van der Waals surface area contributed by atoms with Crippen LogP contribution in [0.25, 0.3) is 5.57 Å². The fourth-order valence-corrected chi connectivity index (χ4v) is 3.35. The lowest BCUT2D eigenvalue weighted by atomic mass is 9.95. The molecule has 7 heteroatoms. The van der Waals surface area contributed by atoms with Crippen molar-refractivity contribution >= 4 is 5.57 Å². The van der Waals surface area contributed by atoms with Gasteiger partial charge in [0.1, 0.15) is 6.61 Å². The average Bonchev–Trinajstić information content (AvgIpc) is 2.75. The van der Waals surface area contributed by atoms with Gasteiger partial charge in [-0.05, 0) is 43.9 Å². The van der Waals surface area contributed by atoms with Crippen molar-refractivity contribution in [3.63, 3.8) is 0 Å². The van der Waals surface area contributed by atoms with Crippen LogP contribution in [0.4, 0.5) is 17.6 Å². The average molecular weight is 424 g/mol. The van der Waals surface area contributed by atoms with E-state index in [9.17, 15) is 17.6 Å². The van der Waals surface area contributed by atoms with E-state index in [1.54, 1.807) is 6.92 Å². The standard InChI is InChI=1S/C23H24F4O3/c1-3-5-16-8-6-14(12-29-16)17-9-7-15(20(24)21(17)25)13-30-19-11-10-18(28-4-2)22(26)23(19)27/h7,9-12,16H,3-6,8,13H2,1-2H3. The Bertz CT molecular complexity index is 927.